The summed E-state index contributed by atoms with van der Waals surface area (Å²) < 4.78 is 8.55. The fraction of sp³-hybridized carbons (Fsp3) is 0. The van der Waals surface area contributed by atoms with E-state index in [1.807, 2.05) is 0 Å². The molecule has 0 saturated carbocycles. The van der Waals surface area contributed by atoms with Crippen LogP contribution in [0.3, 0.4) is 0 Å². The van der Waals surface area contributed by atoms with Crippen molar-refractivity contribution in [2.24, 2.45) is 0 Å². The van der Waals surface area contributed by atoms with E-state index in [9.17, 15) is 0 Å². The van der Waals surface area contributed by atoms with Gasteiger partial charge in [0.15, 0.2) is 0 Å². The maximum atomic E-state index is 8.55. The molecule has 6 nitrogen and oxygen atoms in total. The minimum absolute atomic E-state index is 0. The van der Waals surface area contributed by atoms with Crippen molar-refractivity contribution in [3.05, 3.63) is 0 Å². The Morgan fingerprint density at radius 3 is 1.00 bits per heavy atom. The summed E-state index contributed by atoms with van der Waals surface area (Å²) in [6, 6.07) is 0. The van der Waals surface area contributed by atoms with Crippen LogP contribution in [-0.4, -0.2) is 11.0 Å². The fourth-order valence-corrected chi connectivity index (χ4v) is 0. The largest absolute Gasteiger partial charge is 3.00 e. The zero-order valence-electron chi connectivity index (χ0n) is 3.81. The van der Waals surface area contributed by atoms with Gasteiger partial charge in [-0.2, -0.15) is 7.82 Å². The number of rotatable bonds is 0. The Labute approximate surface area is 72.5 Å². The zero-order valence-corrected chi connectivity index (χ0v) is 6.99. The van der Waals surface area contributed by atoms with E-state index in [4.69, 9.17) is 19.2 Å². The van der Waals surface area contributed by atoms with Gasteiger partial charge in [-0.1, -0.05) is 0 Å². The quantitative estimate of drug-likeness (QED) is 0.310. The standard InChI is InChI=1S/Fe.Mn.H3O4P.2H2O/c;;1-5(2,3)4;;/h;;(H3,1,2,3,4);2*1H2/q+3;;;;/p-3. The number of phosphoric acid groups is 1. The van der Waals surface area contributed by atoms with E-state index < -0.39 is 7.82 Å². The molecule has 0 aliphatic carbocycles. The molecular weight excluding hydrogens is 238 g/mol. The predicted molar refractivity (Wildman–Crippen MR) is 14.8 cm³/mol. The normalized spacial score (nSPS) is 6.56. The third-order valence-electron chi connectivity index (χ3n) is 0. The Balaban J connectivity index is -0.0000000133. The van der Waals surface area contributed by atoms with Gasteiger partial charge in [-0.05, 0) is 0 Å². The molecule has 0 rings (SSSR count). The van der Waals surface area contributed by atoms with Gasteiger partial charge in [0.1, 0.15) is 0 Å². The third-order valence-corrected chi connectivity index (χ3v) is 0. The molecule has 0 aromatic carbocycles. The second-order valence-electron chi connectivity index (χ2n) is 0.447. The molecule has 0 aliphatic rings. The van der Waals surface area contributed by atoms with Gasteiger partial charge < -0.3 is 30.2 Å². The first-order valence-electron chi connectivity index (χ1n) is 0.730. The summed E-state index contributed by atoms with van der Waals surface area (Å²) in [5.41, 5.74) is 0. The van der Waals surface area contributed by atoms with Gasteiger partial charge in [0, 0.05) is 17.1 Å². The molecule has 9 heteroatoms. The smallest absolute Gasteiger partial charge is 0.822 e. The molecule has 0 heterocycles. The Bertz CT molecular complexity index is 59.2. The van der Waals surface area contributed by atoms with E-state index in [1.54, 1.807) is 0 Å². The average molecular weight is 242 g/mol. The fourth-order valence-electron chi connectivity index (χ4n) is 0. The van der Waals surface area contributed by atoms with Crippen LogP contribution in [0.5, 0.6) is 0 Å². The molecule has 4 N–H and O–H groups in total. The summed E-state index contributed by atoms with van der Waals surface area (Å²) >= 11 is 0. The van der Waals surface area contributed by atoms with Crippen LogP contribution in [0.2, 0.25) is 0 Å². The Hall–Kier alpha value is 1.07. The summed E-state index contributed by atoms with van der Waals surface area (Å²) in [7, 11) is -5.39. The summed E-state index contributed by atoms with van der Waals surface area (Å²) in [6.07, 6.45) is 0. The van der Waals surface area contributed by atoms with Crippen LogP contribution >= 0.6 is 7.82 Å². The first kappa shape index (κ1) is 32.2. The van der Waals surface area contributed by atoms with Crippen LogP contribution < -0.4 is 14.7 Å². The van der Waals surface area contributed by atoms with E-state index in [2.05, 4.69) is 0 Å². The first-order chi connectivity index (χ1) is 2.00. The topological polar surface area (TPSA) is 149 Å². The van der Waals surface area contributed by atoms with Crippen molar-refractivity contribution < 1.29 is 64.3 Å². The van der Waals surface area contributed by atoms with Crippen molar-refractivity contribution in [1.29, 1.82) is 0 Å². The van der Waals surface area contributed by atoms with E-state index in [0.717, 1.165) is 0 Å². The van der Waals surface area contributed by atoms with Gasteiger partial charge in [0.2, 0.25) is 0 Å². The van der Waals surface area contributed by atoms with Gasteiger partial charge in [-0.15, -0.1) is 0 Å². The number of hydrogen-bond donors (Lipinski definition) is 0. The second kappa shape index (κ2) is 11.8. The summed E-state index contributed by atoms with van der Waals surface area (Å²) in [4.78, 5) is 25.6. The maximum Gasteiger partial charge on any atom is 3.00 e. The molecule has 0 atom stereocenters. The predicted octanol–water partition coefficient (Wildman–Crippen LogP) is -4.48. The minimum Gasteiger partial charge on any atom is -0.822 e. The average Bonchev–Trinajstić information content (AvgIpc) is 0.722. The van der Waals surface area contributed by atoms with Crippen molar-refractivity contribution in [3.63, 3.8) is 0 Å². The molecule has 9 heavy (non-hydrogen) atoms. The molecule has 60 valence electrons. The third kappa shape index (κ3) is 397. The molecular formula is H4FeMnO6P. The van der Waals surface area contributed by atoms with Crippen LogP contribution in [0.15, 0.2) is 0 Å². The van der Waals surface area contributed by atoms with E-state index in [-0.39, 0.29) is 45.1 Å². The van der Waals surface area contributed by atoms with Crippen LogP contribution in [0.25, 0.3) is 0 Å². The second-order valence-corrected chi connectivity index (χ2v) is 1.34. The summed E-state index contributed by atoms with van der Waals surface area (Å²) in [6.45, 7) is 0. The first-order valence-corrected chi connectivity index (χ1v) is 2.19. The van der Waals surface area contributed by atoms with Crippen molar-refractivity contribution >= 4 is 7.82 Å². The van der Waals surface area contributed by atoms with Crippen LogP contribution in [0.1, 0.15) is 0 Å². The summed E-state index contributed by atoms with van der Waals surface area (Å²) in [5.74, 6) is 0. The van der Waals surface area contributed by atoms with Crippen molar-refractivity contribution in [3.8, 4) is 0 Å². The van der Waals surface area contributed by atoms with Gasteiger partial charge in [-0.3, -0.25) is 0 Å². The van der Waals surface area contributed by atoms with Crippen molar-refractivity contribution in [1.82, 2.24) is 0 Å². The molecule has 0 spiro atoms. The van der Waals surface area contributed by atoms with E-state index in [1.165, 1.54) is 0 Å². The van der Waals surface area contributed by atoms with Crippen molar-refractivity contribution in [2.45, 2.75) is 0 Å². The van der Waals surface area contributed by atoms with Gasteiger partial charge in [0.05, 0.1) is 0 Å². The SMILES string of the molecule is O.O.O=P([O-])([O-])[O-].[Fe+3].[Mn]. The molecule has 0 saturated heterocycles. The molecule has 0 unspecified atom stereocenters. The summed E-state index contributed by atoms with van der Waals surface area (Å²) in [5, 5.41) is 0. The van der Waals surface area contributed by atoms with Gasteiger partial charge in [-0.25, -0.2) is 0 Å². The van der Waals surface area contributed by atoms with Gasteiger partial charge >= 0.3 is 17.1 Å². The Kier molecular flexibility index (Phi) is 42.3. The zero-order chi connectivity index (χ0) is 4.50. The molecule has 0 fully saturated rings. The molecule has 0 aromatic rings. The maximum absolute atomic E-state index is 8.55. The molecule has 0 amide bonds. The monoisotopic (exact) mass is 242 g/mol. The molecule has 0 aromatic heterocycles. The van der Waals surface area contributed by atoms with Gasteiger partial charge in [0.25, 0.3) is 0 Å². The van der Waals surface area contributed by atoms with Crippen LogP contribution in [0.4, 0.5) is 0 Å². The van der Waals surface area contributed by atoms with Crippen LogP contribution in [0, 0.1) is 0 Å². The molecule has 0 aliphatic heterocycles. The number of hydrogen-bond acceptors (Lipinski definition) is 4. The Morgan fingerprint density at radius 2 is 1.00 bits per heavy atom. The molecule has 0 bridgehead atoms. The van der Waals surface area contributed by atoms with E-state index in [0.29, 0.717) is 0 Å². The minimum atomic E-state index is -5.39. The van der Waals surface area contributed by atoms with E-state index >= 15 is 0 Å². The van der Waals surface area contributed by atoms with Crippen molar-refractivity contribution in [2.75, 3.05) is 0 Å². The molecule has 2 radical (unpaired) electrons. The van der Waals surface area contributed by atoms with Crippen LogP contribution in [-0.2, 0) is 38.7 Å². The Morgan fingerprint density at radius 1 is 1.00 bits per heavy atom.